The van der Waals surface area contributed by atoms with Gasteiger partial charge in [-0.3, -0.25) is 0 Å². The summed E-state index contributed by atoms with van der Waals surface area (Å²) >= 11 is 5.92. The molecule has 2 aromatic carbocycles. The molecule has 0 aliphatic rings. The molecule has 0 unspecified atom stereocenters. The standard InChI is InChI=1S/C15H16ClNO/c16-14-8-4-5-12(9-14)10-17-11-15(18)13-6-2-1-3-7-13/h1-9,15,17-18H,10-11H2/p+1/t15-/m1/s1. The number of rotatable bonds is 5. The molecule has 0 aliphatic heterocycles. The van der Waals surface area contributed by atoms with Gasteiger partial charge in [-0.15, -0.1) is 0 Å². The van der Waals surface area contributed by atoms with Crippen molar-refractivity contribution in [2.75, 3.05) is 6.54 Å². The molecule has 0 saturated carbocycles. The Balaban J connectivity index is 1.82. The fourth-order valence-electron chi connectivity index (χ4n) is 1.88. The number of benzene rings is 2. The second-order valence-electron chi connectivity index (χ2n) is 4.28. The van der Waals surface area contributed by atoms with Crippen molar-refractivity contribution in [1.82, 2.24) is 0 Å². The topological polar surface area (TPSA) is 36.8 Å². The van der Waals surface area contributed by atoms with Crippen molar-refractivity contribution in [3.8, 4) is 0 Å². The molecule has 0 saturated heterocycles. The summed E-state index contributed by atoms with van der Waals surface area (Å²) in [5.41, 5.74) is 2.13. The van der Waals surface area contributed by atoms with Crippen LogP contribution in [0, 0.1) is 0 Å². The van der Waals surface area contributed by atoms with Crippen molar-refractivity contribution in [3.63, 3.8) is 0 Å². The lowest BCUT2D eigenvalue weighted by Crippen LogP contribution is -2.83. The van der Waals surface area contributed by atoms with Crippen molar-refractivity contribution < 1.29 is 10.4 Å². The van der Waals surface area contributed by atoms with Crippen LogP contribution >= 0.6 is 11.6 Å². The summed E-state index contributed by atoms with van der Waals surface area (Å²) in [5, 5.41) is 12.8. The number of quaternary nitrogens is 1. The van der Waals surface area contributed by atoms with Crippen LogP contribution in [0.4, 0.5) is 0 Å². The summed E-state index contributed by atoms with van der Waals surface area (Å²) in [7, 11) is 0. The highest BCUT2D eigenvalue weighted by Crippen LogP contribution is 2.10. The minimum atomic E-state index is -0.426. The van der Waals surface area contributed by atoms with Crippen LogP contribution in [0.25, 0.3) is 0 Å². The molecular weight excluding hydrogens is 246 g/mol. The van der Waals surface area contributed by atoms with Gasteiger partial charge in [-0.2, -0.15) is 0 Å². The zero-order valence-electron chi connectivity index (χ0n) is 10.1. The maximum absolute atomic E-state index is 10.00. The molecule has 3 N–H and O–H groups in total. The third kappa shape index (κ3) is 3.84. The largest absolute Gasteiger partial charge is 0.382 e. The van der Waals surface area contributed by atoms with Gasteiger partial charge in [0.15, 0.2) is 0 Å². The van der Waals surface area contributed by atoms with E-state index in [2.05, 4.69) is 5.32 Å². The number of aliphatic hydroxyl groups is 1. The minimum Gasteiger partial charge on any atom is -0.382 e. The minimum absolute atomic E-state index is 0.426. The van der Waals surface area contributed by atoms with Crippen LogP contribution in [0.2, 0.25) is 5.02 Å². The van der Waals surface area contributed by atoms with Gasteiger partial charge in [0.05, 0.1) is 0 Å². The number of halogens is 1. The van der Waals surface area contributed by atoms with Crippen molar-refractivity contribution in [1.29, 1.82) is 0 Å². The Bertz CT molecular complexity index is 487. The lowest BCUT2D eigenvalue weighted by Gasteiger charge is -2.09. The van der Waals surface area contributed by atoms with E-state index in [0.717, 1.165) is 17.1 Å². The molecule has 0 aromatic heterocycles. The Morgan fingerprint density at radius 3 is 2.56 bits per heavy atom. The van der Waals surface area contributed by atoms with Crippen LogP contribution in [0.5, 0.6) is 0 Å². The first kappa shape index (κ1) is 13.1. The Morgan fingerprint density at radius 1 is 1.06 bits per heavy atom. The van der Waals surface area contributed by atoms with Gasteiger partial charge in [-0.05, 0) is 17.7 Å². The fraction of sp³-hybridized carbons (Fsp3) is 0.200. The molecule has 94 valence electrons. The molecule has 1 atom stereocenters. The highest BCUT2D eigenvalue weighted by molar-refractivity contribution is 6.30. The average molecular weight is 263 g/mol. The molecule has 0 amide bonds. The Labute approximate surface area is 112 Å². The van der Waals surface area contributed by atoms with Gasteiger partial charge >= 0.3 is 0 Å². The number of hydrogen-bond donors (Lipinski definition) is 2. The third-order valence-electron chi connectivity index (χ3n) is 2.84. The van der Waals surface area contributed by atoms with E-state index in [0.29, 0.717) is 6.54 Å². The van der Waals surface area contributed by atoms with E-state index in [1.54, 1.807) is 0 Å². The summed E-state index contributed by atoms with van der Waals surface area (Å²) in [6.07, 6.45) is -0.426. The molecule has 0 aliphatic carbocycles. The van der Waals surface area contributed by atoms with Gasteiger partial charge in [0.2, 0.25) is 0 Å². The summed E-state index contributed by atoms with van der Waals surface area (Å²) < 4.78 is 0. The smallest absolute Gasteiger partial charge is 0.128 e. The van der Waals surface area contributed by atoms with Gasteiger partial charge in [0, 0.05) is 10.6 Å². The van der Waals surface area contributed by atoms with Crippen LogP contribution in [-0.4, -0.2) is 11.7 Å². The van der Waals surface area contributed by atoms with E-state index >= 15 is 0 Å². The molecule has 0 bridgehead atoms. The van der Waals surface area contributed by atoms with Crippen molar-refractivity contribution in [2.45, 2.75) is 12.6 Å². The molecule has 0 heterocycles. The molecular formula is C15H17ClNO+. The van der Waals surface area contributed by atoms with Crippen LogP contribution in [-0.2, 0) is 6.54 Å². The highest BCUT2D eigenvalue weighted by Gasteiger charge is 2.08. The molecule has 0 fully saturated rings. The van der Waals surface area contributed by atoms with Crippen molar-refractivity contribution in [3.05, 3.63) is 70.7 Å². The molecule has 0 radical (unpaired) electrons. The fourth-order valence-corrected chi connectivity index (χ4v) is 2.10. The average Bonchev–Trinajstić information content (AvgIpc) is 2.40. The molecule has 3 heteroatoms. The van der Waals surface area contributed by atoms with Gasteiger partial charge in [0.1, 0.15) is 19.2 Å². The molecule has 2 aromatic rings. The number of nitrogens with two attached hydrogens (primary N) is 1. The Kier molecular flexibility index (Phi) is 4.76. The Morgan fingerprint density at radius 2 is 1.83 bits per heavy atom. The quantitative estimate of drug-likeness (QED) is 0.851. The van der Waals surface area contributed by atoms with Crippen molar-refractivity contribution in [2.24, 2.45) is 0 Å². The molecule has 2 nitrogen and oxygen atoms in total. The van der Waals surface area contributed by atoms with Crippen LogP contribution < -0.4 is 5.32 Å². The maximum Gasteiger partial charge on any atom is 0.128 e. The molecule has 2 rings (SSSR count). The number of aliphatic hydroxyl groups excluding tert-OH is 1. The first-order valence-corrected chi connectivity index (χ1v) is 6.42. The van der Waals surface area contributed by atoms with E-state index in [1.807, 2.05) is 54.6 Å². The Hall–Kier alpha value is -1.35. The van der Waals surface area contributed by atoms with E-state index in [9.17, 15) is 5.11 Å². The van der Waals surface area contributed by atoms with Crippen LogP contribution in [0.3, 0.4) is 0 Å². The third-order valence-corrected chi connectivity index (χ3v) is 3.08. The summed E-state index contributed by atoms with van der Waals surface area (Å²) in [5.74, 6) is 0. The zero-order chi connectivity index (χ0) is 12.8. The van der Waals surface area contributed by atoms with Gasteiger partial charge in [0.25, 0.3) is 0 Å². The summed E-state index contributed by atoms with van der Waals surface area (Å²) in [6.45, 7) is 1.47. The maximum atomic E-state index is 10.00. The molecule has 0 spiro atoms. The second-order valence-corrected chi connectivity index (χ2v) is 4.72. The van der Waals surface area contributed by atoms with E-state index in [-0.39, 0.29) is 0 Å². The van der Waals surface area contributed by atoms with Gasteiger partial charge < -0.3 is 10.4 Å². The van der Waals surface area contributed by atoms with Gasteiger partial charge in [-0.25, -0.2) is 0 Å². The normalized spacial score (nSPS) is 12.3. The first-order chi connectivity index (χ1) is 8.75. The van der Waals surface area contributed by atoms with E-state index < -0.39 is 6.10 Å². The lowest BCUT2D eigenvalue weighted by atomic mass is 10.1. The van der Waals surface area contributed by atoms with E-state index in [4.69, 9.17) is 11.6 Å². The van der Waals surface area contributed by atoms with Crippen LogP contribution in [0.15, 0.2) is 54.6 Å². The second kappa shape index (κ2) is 6.55. The predicted molar refractivity (Wildman–Crippen MR) is 73.4 cm³/mol. The van der Waals surface area contributed by atoms with Crippen LogP contribution in [0.1, 0.15) is 17.2 Å². The van der Waals surface area contributed by atoms with Crippen molar-refractivity contribution >= 4 is 11.6 Å². The summed E-state index contributed by atoms with van der Waals surface area (Å²) in [6, 6.07) is 17.5. The SMILES string of the molecule is O[C@H](C[NH2+]Cc1cccc(Cl)c1)c1ccccc1. The predicted octanol–water partition coefficient (Wildman–Crippen LogP) is 2.14. The highest BCUT2D eigenvalue weighted by atomic mass is 35.5. The monoisotopic (exact) mass is 262 g/mol. The van der Waals surface area contributed by atoms with Gasteiger partial charge in [-0.1, -0.05) is 54.1 Å². The number of hydrogen-bond acceptors (Lipinski definition) is 1. The summed E-state index contributed by atoms with van der Waals surface area (Å²) in [4.78, 5) is 0. The molecule has 18 heavy (non-hydrogen) atoms. The van der Waals surface area contributed by atoms with E-state index in [1.165, 1.54) is 5.56 Å². The first-order valence-electron chi connectivity index (χ1n) is 6.05. The zero-order valence-corrected chi connectivity index (χ0v) is 10.8. The lowest BCUT2D eigenvalue weighted by molar-refractivity contribution is -0.677.